The molecule has 3 aromatic carbocycles. The van der Waals surface area contributed by atoms with E-state index in [0.717, 1.165) is 29.8 Å². The lowest BCUT2D eigenvalue weighted by atomic mass is 10.1. The van der Waals surface area contributed by atoms with Crippen LogP contribution < -0.4 is 9.80 Å². The van der Waals surface area contributed by atoms with Crippen molar-refractivity contribution in [3.05, 3.63) is 93.5 Å². The molecule has 1 amide bonds. The van der Waals surface area contributed by atoms with Crippen LogP contribution in [-0.4, -0.2) is 23.9 Å². The summed E-state index contributed by atoms with van der Waals surface area (Å²) < 4.78 is 0. The van der Waals surface area contributed by atoms with E-state index < -0.39 is 4.92 Å². The van der Waals surface area contributed by atoms with Crippen molar-refractivity contribution in [2.75, 3.05) is 22.9 Å². The molecule has 0 saturated carbocycles. The second-order valence-corrected chi connectivity index (χ2v) is 7.33. The molecular weight excluding hydrogens is 366 g/mol. The summed E-state index contributed by atoms with van der Waals surface area (Å²) in [5.41, 5.74) is 5.00. The summed E-state index contributed by atoms with van der Waals surface area (Å²) >= 11 is 0. The van der Waals surface area contributed by atoms with Crippen LogP contribution in [0.1, 0.15) is 21.5 Å². The minimum absolute atomic E-state index is 0.0416. The van der Waals surface area contributed by atoms with Crippen LogP contribution in [-0.2, 0) is 12.8 Å². The third-order valence-corrected chi connectivity index (χ3v) is 5.73. The van der Waals surface area contributed by atoms with E-state index in [1.807, 2.05) is 53.4 Å². The SMILES string of the molecule is O=C(c1ccc(N2CCc3ccccc32)c([N+](=O)[O-])c1)N1CCc2ccccc21. The van der Waals surface area contributed by atoms with Gasteiger partial charge in [-0.1, -0.05) is 36.4 Å². The van der Waals surface area contributed by atoms with Crippen molar-refractivity contribution >= 4 is 28.7 Å². The summed E-state index contributed by atoms with van der Waals surface area (Å²) in [7, 11) is 0. The van der Waals surface area contributed by atoms with E-state index in [4.69, 9.17) is 0 Å². The highest BCUT2D eigenvalue weighted by Crippen LogP contribution is 2.40. The van der Waals surface area contributed by atoms with Crippen molar-refractivity contribution in [2.45, 2.75) is 12.8 Å². The lowest BCUT2D eigenvalue weighted by molar-refractivity contribution is -0.384. The molecule has 29 heavy (non-hydrogen) atoms. The number of nitrogens with zero attached hydrogens (tertiary/aromatic N) is 3. The predicted molar refractivity (Wildman–Crippen MR) is 112 cm³/mol. The lowest BCUT2D eigenvalue weighted by Gasteiger charge is -2.21. The molecule has 0 radical (unpaired) electrons. The highest BCUT2D eigenvalue weighted by molar-refractivity contribution is 6.08. The maximum absolute atomic E-state index is 13.1. The first-order chi connectivity index (χ1) is 14.1. The molecule has 0 fully saturated rings. The highest BCUT2D eigenvalue weighted by atomic mass is 16.6. The fourth-order valence-corrected chi connectivity index (χ4v) is 4.32. The number of hydrogen-bond donors (Lipinski definition) is 0. The Morgan fingerprint density at radius 3 is 2.24 bits per heavy atom. The summed E-state index contributed by atoms with van der Waals surface area (Å²) in [6, 6.07) is 20.6. The normalized spacial score (nSPS) is 14.6. The van der Waals surface area contributed by atoms with Crippen LogP contribution in [0.4, 0.5) is 22.7 Å². The number of carbonyl (C=O) groups is 1. The maximum Gasteiger partial charge on any atom is 0.293 e. The van der Waals surface area contributed by atoms with E-state index in [2.05, 4.69) is 0 Å². The number of hydrogen-bond acceptors (Lipinski definition) is 4. The lowest BCUT2D eigenvalue weighted by Crippen LogP contribution is -2.29. The average molecular weight is 385 g/mol. The van der Waals surface area contributed by atoms with Gasteiger partial charge in [0.25, 0.3) is 11.6 Å². The molecule has 0 atom stereocenters. The van der Waals surface area contributed by atoms with E-state index in [1.165, 1.54) is 11.6 Å². The third kappa shape index (κ3) is 2.84. The van der Waals surface area contributed by atoms with Gasteiger partial charge in [0, 0.05) is 36.1 Å². The van der Waals surface area contributed by atoms with Gasteiger partial charge in [-0.25, -0.2) is 0 Å². The number of para-hydroxylation sites is 2. The molecule has 144 valence electrons. The Kier molecular flexibility index (Phi) is 4.05. The number of nitro benzene ring substituents is 1. The minimum Gasteiger partial charge on any atom is -0.335 e. The van der Waals surface area contributed by atoms with Crippen LogP contribution in [0, 0.1) is 10.1 Å². The van der Waals surface area contributed by atoms with Gasteiger partial charge in [-0.05, 0) is 48.2 Å². The summed E-state index contributed by atoms with van der Waals surface area (Å²) in [5, 5.41) is 11.8. The third-order valence-electron chi connectivity index (χ3n) is 5.73. The fourth-order valence-electron chi connectivity index (χ4n) is 4.32. The van der Waals surface area contributed by atoms with Gasteiger partial charge in [0.2, 0.25) is 0 Å². The zero-order chi connectivity index (χ0) is 20.0. The summed E-state index contributed by atoms with van der Waals surface area (Å²) in [6.45, 7) is 1.28. The zero-order valence-electron chi connectivity index (χ0n) is 15.7. The maximum atomic E-state index is 13.1. The topological polar surface area (TPSA) is 66.7 Å². The highest BCUT2D eigenvalue weighted by Gasteiger charge is 2.30. The smallest absolute Gasteiger partial charge is 0.293 e. The van der Waals surface area contributed by atoms with E-state index in [-0.39, 0.29) is 11.6 Å². The van der Waals surface area contributed by atoms with Crippen LogP contribution in [0.3, 0.4) is 0 Å². The van der Waals surface area contributed by atoms with E-state index >= 15 is 0 Å². The van der Waals surface area contributed by atoms with Crippen molar-refractivity contribution in [1.29, 1.82) is 0 Å². The van der Waals surface area contributed by atoms with Crippen LogP contribution in [0.2, 0.25) is 0 Å². The van der Waals surface area contributed by atoms with Crippen LogP contribution in [0.25, 0.3) is 0 Å². The average Bonchev–Trinajstić information content (AvgIpc) is 3.37. The molecule has 0 N–H and O–H groups in total. The number of benzene rings is 3. The Balaban J connectivity index is 1.52. The number of fused-ring (bicyclic) bond motifs is 2. The molecule has 2 aliphatic heterocycles. The van der Waals surface area contributed by atoms with E-state index in [1.54, 1.807) is 17.0 Å². The molecule has 0 spiro atoms. The van der Waals surface area contributed by atoms with Gasteiger partial charge in [-0.3, -0.25) is 14.9 Å². The van der Waals surface area contributed by atoms with Crippen LogP contribution in [0.5, 0.6) is 0 Å². The van der Waals surface area contributed by atoms with Gasteiger partial charge in [-0.2, -0.15) is 0 Å². The summed E-state index contributed by atoms with van der Waals surface area (Å²) in [6.07, 6.45) is 1.64. The molecule has 3 aromatic rings. The monoisotopic (exact) mass is 385 g/mol. The van der Waals surface area contributed by atoms with Crippen LogP contribution in [0.15, 0.2) is 66.7 Å². The largest absolute Gasteiger partial charge is 0.335 e. The standard InChI is InChI=1S/C23H19N3O3/c27-23(25-14-12-17-6-2-4-8-20(17)25)18-9-10-21(22(15-18)26(28)29)24-13-11-16-5-1-3-7-19(16)24/h1-10,15H,11-14H2. The Bertz CT molecular complexity index is 1140. The van der Waals surface area contributed by atoms with Gasteiger partial charge in [-0.15, -0.1) is 0 Å². The fraction of sp³-hybridized carbons (Fsp3) is 0.174. The summed E-state index contributed by atoms with van der Waals surface area (Å²) in [5.74, 6) is -0.202. The first kappa shape index (κ1) is 17.4. The number of carbonyl (C=O) groups excluding carboxylic acids is 1. The van der Waals surface area contributed by atoms with E-state index in [0.29, 0.717) is 24.3 Å². The molecule has 6 heteroatoms. The molecule has 0 bridgehead atoms. The van der Waals surface area contributed by atoms with Crippen molar-refractivity contribution in [3.63, 3.8) is 0 Å². The summed E-state index contributed by atoms with van der Waals surface area (Å²) in [4.78, 5) is 28.2. The van der Waals surface area contributed by atoms with E-state index in [9.17, 15) is 14.9 Å². The molecule has 2 heterocycles. The minimum atomic E-state index is -0.398. The van der Waals surface area contributed by atoms with Crippen LogP contribution >= 0.6 is 0 Å². The Morgan fingerprint density at radius 1 is 0.828 bits per heavy atom. The first-order valence-electron chi connectivity index (χ1n) is 9.67. The molecular formula is C23H19N3O3. The van der Waals surface area contributed by atoms with Gasteiger partial charge in [0.1, 0.15) is 5.69 Å². The van der Waals surface area contributed by atoms with Crippen molar-refractivity contribution in [2.24, 2.45) is 0 Å². The van der Waals surface area contributed by atoms with Gasteiger partial charge in [0.15, 0.2) is 0 Å². The molecule has 6 nitrogen and oxygen atoms in total. The Morgan fingerprint density at radius 2 is 1.48 bits per heavy atom. The van der Waals surface area contributed by atoms with Gasteiger partial charge >= 0.3 is 0 Å². The Labute approximate surface area is 168 Å². The van der Waals surface area contributed by atoms with Crippen molar-refractivity contribution < 1.29 is 9.72 Å². The first-order valence-corrected chi connectivity index (χ1v) is 9.67. The molecule has 5 rings (SSSR count). The zero-order valence-corrected chi connectivity index (χ0v) is 15.7. The number of amides is 1. The van der Waals surface area contributed by atoms with Gasteiger partial charge in [0.05, 0.1) is 4.92 Å². The molecule has 0 aliphatic carbocycles. The number of anilines is 3. The second-order valence-electron chi connectivity index (χ2n) is 7.33. The second kappa shape index (κ2) is 6.74. The number of nitro groups is 1. The van der Waals surface area contributed by atoms with Crippen molar-refractivity contribution in [1.82, 2.24) is 0 Å². The predicted octanol–water partition coefficient (Wildman–Crippen LogP) is 4.49. The van der Waals surface area contributed by atoms with Gasteiger partial charge < -0.3 is 9.80 Å². The van der Waals surface area contributed by atoms with Crippen molar-refractivity contribution in [3.8, 4) is 0 Å². The molecule has 0 saturated heterocycles. The number of rotatable bonds is 3. The molecule has 2 aliphatic rings. The molecule has 0 aromatic heterocycles. The quantitative estimate of drug-likeness (QED) is 0.492. The molecule has 0 unspecified atom stereocenters. The Hall–Kier alpha value is -3.67.